The summed E-state index contributed by atoms with van der Waals surface area (Å²) in [5.74, 6) is 1.44. The van der Waals surface area contributed by atoms with Crippen LogP contribution in [0.2, 0.25) is 0 Å². The van der Waals surface area contributed by atoms with Gasteiger partial charge in [-0.2, -0.15) is 0 Å². The monoisotopic (exact) mass is 433 g/mol. The molecule has 0 aliphatic rings. The highest BCUT2D eigenvalue weighted by Gasteiger charge is 2.19. The normalized spacial score (nSPS) is 11.1. The predicted molar refractivity (Wildman–Crippen MR) is 113 cm³/mol. The standard InChI is InChI=1S/C22H28BrNO3/c1-22(2,14-17-5-9-18(23)10-6-17)15-24-21(25)12-8-16-7-11-19(26-3)20(13-16)27-4/h5-7,9-11,13H,8,12,14-15H2,1-4H3,(H,24,25). The van der Waals surface area contributed by atoms with Gasteiger partial charge in [0.05, 0.1) is 14.2 Å². The Balaban J connectivity index is 1.82. The molecule has 0 atom stereocenters. The van der Waals surface area contributed by atoms with Crippen molar-refractivity contribution in [2.45, 2.75) is 33.1 Å². The first-order chi connectivity index (χ1) is 12.8. The van der Waals surface area contributed by atoms with E-state index < -0.39 is 0 Å². The third-order valence-corrected chi connectivity index (χ3v) is 4.98. The van der Waals surface area contributed by atoms with Gasteiger partial charge in [-0.3, -0.25) is 4.79 Å². The molecule has 2 aromatic rings. The fraction of sp³-hybridized carbons (Fsp3) is 0.409. The molecule has 0 aliphatic heterocycles. The number of methoxy groups -OCH3 is 2. The number of carbonyl (C=O) groups is 1. The Morgan fingerprint density at radius 1 is 1.00 bits per heavy atom. The average molecular weight is 434 g/mol. The zero-order valence-corrected chi connectivity index (χ0v) is 18.1. The van der Waals surface area contributed by atoms with Gasteiger partial charge in [0, 0.05) is 17.4 Å². The van der Waals surface area contributed by atoms with Crippen LogP contribution in [0.25, 0.3) is 0 Å². The molecule has 146 valence electrons. The molecule has 1 N–H and O–H groups in total. The van der Waals surface area contributed by atoms with Gasteiger partial charge in [-0.15, -0.1) is 0 Å². The number of carbonyl (C=O) groups excluding carboxylic acids is 1. The van der Waals surface area contributed by atoms with Crippen molar-refractivity contribution in [3.8, 4) is 11.5 Å². The molecule has 27 heavy (non-hydrogen) atoms. The van der Waals surface area contributed by atoms with Gasteiger partial charge in [0.1, 0.15) is 0 Å². The third kappa shape index (κ3) is 6.90. The summed E-state index contributed by atoms with van der Waals surface area (Å²) < 4.78 is 11.6. The van der Waals surface area contributed by atoms with Crippen LogP contribution in [0.5, 0.6) is 11.5 Å². The highest BCUT2D eigenvalue weighted by Crippen LogP contribution is 2.28. The second-order valence-corrected chi connectivity index (χ2v) is 8.35. The van der Waals surface area contributed by atoms with E-state index in [1.807, 2.05) is 30.3 Å². The molecule has 0 heterocycles. The zero-order chi connectivity index (χ0) is 19.9. The number of aryl methyl sites for hydroxylation is 1. The Hall–Kier alpha value is -2.01. The van der Waals surface area contributed by atoms with Crippen molar-refractivity contribution in [1.82, 2.24) is 5.32 Å². The van der Waals surface area contributed by atoms with Crippen LogP contribution in [0.3, 0.4) is 0 Å². The summed E-state index contributed by atoms with van der Waals surface area (Å²) in [6.07, 6.45) is 2.03. The summed E-state index contributed by atoms with van der Waals surface area (Å²) in [5, 5.41) is 3.07. The maximum Gasteiger partial charge on any atom is 0.220 e. The molecule has 2 aromatic carbocycles. The first kappa shape index (κ1) is 21.3. The number of ether oxygens (including phenoxy) is 2. The Bertz CT molecular complexity index is 757. The fourth-order valence-electron chi connectivity index (χ4n) is 2.94. The van der Waals surface area contributed by atoms with Crippen molar-refractivity contribution in [2.75, 3.05) is 20.8 Å². The minimum atomic E-state index is -0.00712. The van der Waals surface area contributed by atoms with E-state index in [2.05, 4.69) is 47.2 Å². The topological polar surface area (TPSA) is 47.6 Å². The molecule has 2 rings (SSSR count). The van der Waals surface area contributed by atoms with Crippen molar-refractivity contribution >= 4 is 21.8 Å². The molecule has 0 aliphatic carbocycles. The Labute approximate surface area is 170 Å². The van der Waals surface area contributed by atoms with Gasteiger partial charge >= 0.3 is 0 Å². The molecule has 0 unspecified atom stereocenters. The summed E-state index contributed by atoms with van der Waals surface area (Å²) >= 11 is 3.46. The molecule has 0 saturated carbocycles. The van der Waals surface area contributed by atoms with Crippen LogP contribution in [0, 0.1) is 5.41 Å². The van der Waals surface area contributed by atoms with Gasteiger partial charge in [-0.1, -0.05) is 48.0 Å². The number of halogens is 1. The lowest BCUT2D eigenvalue weighted by Gasteiger charge is -2.25. The predicted octanol–water partition coefficient (Wildman–Crippen LogP) is 4.78. The van der Waals surface area contributed by atoms with E-state index in [1.165, 1.54) is 5.56 Å². The Kier molecular flexibility index (Phi) is 7.72. The zero-order valence-electron chi connectivity index (χ0n) is 16.5. The lowest BCUT2D eigenvalue weighted by molar-refractivity contribution is -0.121. The molecule has 4 nitrogen and oxygen atoms in total. The molecule has 0 spiro atoms. The van der Waals surface area contributed by atoms with Crippen molar-refractivity contribution in [3.63, 3.8) is 0 Å². The summed E-state index contributed by atoms with van der Waals surface area (Å²) in [7, 11) is 3.23. The van der Waals surface area contributed by atoms with Crippen molar-refractivity contribution < 1.29 is 14.3 Å². The molecular weight excluding hydrogens is 406 g/mol. The fourth-order valence-corrected chi connectivity index (χ4v) is 3.20. The summed E-state index contributed by atoms with van der Waals surface area (Å²) in [6.45, 7) is 4.99. The Morgan fingerprint density at radius 2 is 1.63 bits per heavy atom. The summed E-state index contributed by atoms with van der Waals surface area (Å²) in [4.78, 5) is 12.3. The van der Waals surface area contributed by atoms with Crippen molar-refractivity contribution in [1.29, 1.82) is 0 Å². The minimum Gasteiger partial charge on any atom is -0.493 e. The highest BCUT2D eigenvalue weighted by molar-refractivity contribution is 9.10. The maximum atomic E-state index is 12.3. The van der Waals surface area contributed by atoms with Crippen LogP contribution in [0.4, 0.5) is 0 Å². The molecule has 0 radical (unpaired) electrons. The first-order valence-corrected chi connectivity index (χ1v) is 9.84. The number of hydrogen-bond donors (Lipinski definition) is 1. The molecule has 1 amide bonds. The average Bonchev–Trinajstić information content (AvgIpc) is 2.66. The summed E-state index contributed by atoms with van der Waals surface area (Å²) in [6, 6.07) is 14.1. The van der Waals surface area contributed by atoms with Crippen molar-refractivity contribution in [2.24, 2.45) is 5.41 Å². The number of rotatable bonds is 9. The van der Waals surface area contributed by atoms with Gasteiger partial charge in [0.2, 0.25) is 5.91 Å². The van der Waals surface area contributed by atoms with Crippen LogP contribution < -0.4 is 14.8 Å². The van der Waals surface area contributed by atoms with E-state index in [4.69, 9.17) is 9.47 Å². The van der Waals surface area contributed by atoms with E-state index in [-0.39, 0.29) is 11.3 Å². The number of benzene rings is 2. The lowest BCUT2D eigenvalue weighted by atomic mass is 9.85. The van der Waals surface area contributed by atoms with Gasteiger partial charge in [0.15, 0.2) is 11.5 Å². The maximum absolute atomic E-state index is 12.3. The van der Waals surface area contributed by atoms with Crippen LogP contribution in [0.1, 0.15) is 31.4 Å². The summed E-state index contributed by atoms with van der Waals surface area (Å²) in [5.41, 5.74) is 2.31. The number of hydrogen-bond acceptors (Lipinski definition) is 3. The minimum absolute atomic E-state index is 0.00712. The van der Waals surface area contributed by atoms with Crippen molar-refractivity contribution in [3.05, 3.63) is 58.1 Å². The quantitative estimate of drug-likeness (QED) is 0.618. The molecule has 0 fully saturated rings. The van der Waals surface area contributed by atoms with Gasteiger partial charge in [-0.25, -0.2) is 0 Å². The molecule has 0 saturated heterocycles. The molecule has 5 heteroatoms. The van der Waals surface area contributed by atoms with E-state index in [0.717, 1.165) is 16.5 Å². The number of amides is 1. The van der Waals surface area contributed by atoms with Crippen LogP contribution in [0.15, 0.2) is 46.9 Å². The van der Waals surface area contributed by atoms with Gasteiger partial charge in [0.25, 0.3) is 0 Å². The largest absolute Gasteiger partial charge is 0.493 e. The van der Waals surface area contributed by atoms with E-state index in [9.17, 15) is 4.79 Å². The number of nitrogens with one attached hydrogen (secondary N) is 1. The second kappa shape index (κ2) is 9.79. The SMILES string of the molecule is COc1ccc(CCC(=O)NCC(C)(C)Cc2ccc(Br)cc2)cc1OC. The molecule has 0 aromatic heterocycles. The van der Waals surface area contributed by atoms with Gasteiger partial charge < -0.3 is 14.8 Å². The van der Waals surface area contributed by atoms with Crippen LogP contribution in [-0.2, 0) is 17.6 Å². The molecular formula is C22H28BrNO3. The van der Waals surface area contributed by atoms with E-state index >= 15 is 0 Å². The third-order valence-electron chi connectivity index (χ3n) is 4.45. The molecule has 0 bridgehead atoms. The van der Waals surface area contributed by atoms with Crippen LogP contribution >= 0.6 is 15.9 Å². The van der Waals surface area contributed by atoms with E-state index in [0.29, 0.717) is 30.9 Å². The Morgan fingerprint density at radius 3 is 2.26 bits per heavy atom. The van der Waals surface area contributed by atoms with Gasteiger partial charge in [-0.05, 0) is 53.6 Å². The highest BCUT2D eigenvalue weighted by atomic mass is 79.9. The second-order valence-electron chi connectivity index (χ2n) is 7.43. The smallest absolute Gasteiger partial charge is 0.220 e. The van der Waals surface area contributed by atoms with Crippen LogP contribution in [-0.4, -0.2) is 26.7 Å². The van der Waals surface area contributed by atoms with E-state index in [1.54, 1.807) is 14.2 Å². The lowest BCUT2D eigenvalue weighted by Crippen LogP contribution is -2.35. The first-order valence-electron chi connectivity index (χ1n) is 9.05.